The predicted molar refractivity (Wildman–Crippen MR) is 73.2 cm³/mol. The quantitative estimate of drug-likeness (QED) is 0.770. The first-order chi connectivity index (χ1) is 8.22. The Hall–Kier alpha value is -0.620. The highest BCUT2D eigenvalue weighted by molar-refractivity contribution is 14.1. The van der Waals surface area contributed by atoms with Crippen LogP contribution in [0.1, 0.15) is 19.8 Å². The number of hydrogen-bond donors (Lipinski definition) is 0. The SMILES string of the molecule is CCCOC1C(=O)CC1Oc1ccccc1I. The van der Waals surface area contributed by atoms with Crippen molar-refractivity contribution >= 4 is 28.4 Å². The molecule has 1 aliphatic carbocycles. The summed E-state index contributed by atoms with van der Waals surface area (Å²) in [5, 5.41) is 0. The van der Waals surface area contributed by atoms with E-state index in [1.54, 1.807) is 0 Å². The van der Waals surface area contributed by atoms with Gasteiger partial charge in [0.05, 0.1) is 3.57 Å². The summed E-state index contributed by atoms with van der Waals surface area (Å²) in [5.74, 6) is 0.977. The van der Waals surface area contributed by atoms with E-state index >= 15 is 0 Å². The van der Waals surface area contributed by atoms with Crippen molar-refractivity contribution in [3.8, 4) is 5.75 Å². The minimum absolute atomic E-state index is 0.120. The summed E-state index contributed by atoms with van der Waals surface area (Å²) in [5.41, 5.74) is 0. The Kier molecular flexibility index (Phi) is 4.39. The Bertz CT molecular complexity index is 405. The Morgan fingerprint density at radius 1 is 1.41 bits per heavy atom. The Balaban J connectivity index is 1.95. The van der Waals surface area contributed by atoms with Crippen LogP contribution in [0.25, 0.3) is 0 Å². The average Bonchev–Trinajstić information content (AvgIpc) is 2.31. The van der Waals surface area contributed by atoms with Crippen LogP contribution >= 0.6 is 22.6 Å². The zero-order valence-corrected chi connectivity index (χ0v) is 11.8. The van der Waals surface area contributed by atoms with E-state index in [4.69, 9.17) is 9.47 Å². The topological polar surface area (TPSA) is 35.5 Å². The lowest BCUT2D eigenvalue weighted by Gasteiger charge is -2.34. The molecule has 0 amide bonds. The molecule has 0 spiro atoms. The number of Topliss-reactive ketones (excluding diaryl/α,β-unsaturated/α-hetero) is 1. The summed E-state index contributed by atoms with van der Waals surface area (Å²) >= 11 is 2.22. The van der Waals surface area contributed by atoms with E-state index in [1.807, 2.05) is 31.2 Å². The highest BCUT2D eigenvalue weighted by atomic mass is 127. The number of ketones is 1. The minimum atomic E-state index is -0.369. The molecule has 0 aromatic heterocycles. The van der Waals surface area contributed by atoms with E-state index in [-0.39, 0.29) is 18.0 Å². The number of carbonyl (C=O) groups excluding carboxylic acids is 1. The van der Waals surface area contributed by atoms with Gasteiger partial charge in [-0.05, 0) is 41.1 Å². The number of para-hydroxylation sites is 1. The number of hydrogen-bond acceptors (Lipinski definition) is 3. The van der Waals surface area contributed by atoms with Gasteiger partial charge in [-0.15, -0.1) is 0 Å². The van der Waals surface area contributed by atoms with Crippen molar-refractivity contribution in [1.29, 1.82) is 0 Å². The highest BCUT2D eigenvalue weighted by Gasteiger charge is 2.42. The molecule has 0 N–H and O–H groups in total. The molecule has 2 unspecified atom stereocenters. The van der Waals surface area contributed by atoms with Gasteiger partial charge in [-0.1, -0.05) is 19.1 Å². The van der Waals surface area contributed by atoms with Gasteiger partial charge in [-0.25, -0.2) is 0 Å². The molecule has 0 bridgehead atoms. The number of rotatable bonds is 5. The number of benzene rings is 1. The summed E-state index contributed by atoms with van der Waals surface area (Å²) in [7, 11) is 0. The molecule has 1 aromatic carbocycles. The maximum Gasteiger partial charge on any atom is 0.169 e. The Labute approximate surface area is 115 Å². The minimum Gasteiger partial charge on any atom is -0.486 e. The molecular formula is C13H15IO3. The molecule has 17 heavy (non-hydrogen) atoms. The highest BCUT2D eigenvalue weighted by Crippen LogP contribution is 2.28. The molecule has 1 aliphatic rings. The zero-order valence-electron chi connectivity index (χ0n) is 9.69. The first-order valence-electron chi connectivity index (χ1n) is 5.78. The average molecular weight is 346 g/mol. The van der Waals surface area contributed by atoms with Crippen LogP contribution in [0.4, 0.5) is 0 Å². The molecule has 3 nitrogen and oxygen atoms in total. The van der Waals surface area contributed by atoms with Gasteiger partial charge < -0.3 is 9.47 Å². The molecule has 1 fully saturated rings. The fraction of sp³-hybridized carbons (Fsp3) is 0.462. The molecular weight excluding hydrogens is 331 g/mol. The van der Waals surface area contributed by atoms with Gasteiger partial charge in [0.2, 0.25) is 0 Å². The monoisotopic (exact) mass is 346 g/mol. The van der Waals surface area contributed by atoms with Crippen molar-refractivity contribution in [2.24, 2.45) is 0 Å². The maximum absolute atomic E-state index is 11.4. The lowest BCUT2D eigenvalue weighted by Crippen LogP contribution is -2.52. The summed E-state index contributed by atoms with van der Waals surface area (Å²) in [6, 6.07) is 7.80. The molecule has 0 radical (unpaired) electrons. The van der Waals surface area contributed by atoms with Crippen LogP contribution < -0.4 is 4.74 Å². The Morgan fingerprint density at radius 3 is 2.82 bits per heavy atom. The van der Waals surface area contributed by atoms with Crippen molar-refractivity contribution in [2.75, 3.05) is 6.61 Å². The molecule has 1 aromatic rings. The first-order valence-corrected chi connectivity index (χ1v) is 6.85. The molecule has 2 atom stereocenters. The fourth-order valence-corrected chi connectivity index (χ4v) is 2.23. The standard InChI is InChI=1S/C13H15IO3/c1-2-7-16-13-10(15)8-12(13)17-11-6-4-3-5-9(11)14/h3-6,12-13H,2,7-8H2,1H3. The van der Waals surface area contributed by atoms with Crippen molar-refractivity contribution in [3.05, 3.63) is 27.8 Å². The van der Waals surface area contributed by atoms with Crippen molar-refractivity contribution in [2.45, 2.75) is 32.0 Å². The molecule has 1 saturated carbocycles. The second-order valence-electron chi connectivity index (χ2n) is 4.05. The van der Waals surface area contributed by atoms with E-state index in [2.05, 4.69) is 22.6 Å². The van der Waals surface area contributed by atoms with E-state index in [0.29, 0.717) is 13.0 Å². The molecule has 0 heterocycles. The van der Waals surface area contributed by atoms with E-state index in [1.165, 1.54) is 0 Å². The van der Waals surface area contributed by atoms with Crippen molar-refractivity contribution < 1.29 is 14.3 Å². The third-order valence-corrected chi connectivity index (χ3v) is 3.57. The largest absolute Gasteiger partial charge is 0.486 e. The third-order valence-electron chi connectivity index (χ3n) is 2.67. The molecule has 2 rings (SSSR count). The zero-order chi connectivity index (χ0) is 12.3. The Morgan fingerprint density at radius 2 is 2.18 bits per heavy atom. The van der Waals surface area contributed by atoms with Crippen LogP contribution in [0.3, 0.4) is 0 Å². The van der Waals surface area contributed by atoms with Gasteiger partial charge in [0.15, 0.2) is 11.9 Å². The van der Waals surface area contributed by atoms with E-state index < -0.39 is 0 Å². The molecule has 0 saturated heterocycles. The van der Waals surface area contributed by atoms with Crippen LogP contribution in [0.5, 0.6) is 5.75 Å². The summed E-state index contributed by atoms with van der Waals surface area (Å²) in [4.78, 5) is 11.4. The van der Waals surface area contributed by atoms with Crippen LogP contribution in [-0.2, 0) is 9.53 Å². The van der Waals surface area contributed by atoms with Gasteiger partial charge >= 0.3 is 0 Å². The molecule has 92 valence electrons. The van der Waals surface area contributed by atoms with E-state index in [0.717, 1.165) is 15.7 Å². The first kappa shape index (κ1) is 12.8. The van der Waals surface area contributed by atoms with Crippen molar-refractivity contribution in [1.82, 2.24) is 0 Å². The van der Waals surface area contributed by atoms with E-state index in [9.17, 15) is 4.79 Å². The number of carbonyl (C=O) groups is 1. The number of halogens is 1. The molecule has 4 heteroatoms. The van der Waals surface area contributed by atoms with Gasteiger partial charge in [-0.2, -0.15) is 0 Å². The van der Waals surface area contributed by atoms with Crippen LogP contribution in [0.15, 0.2) is 24.3 Å². The van der Waals surface area contributed by atoms with Gasteiger partial charge in [-0.3, -0.25) is 4.79 Å². The summed E-state index contributed by atoms with van der Waals surface area (Å²) in [6.45, 7) is 2.64. The van der Waals surface area contributed by atoms with Gasteiger partial charge in [0, 0.05) is 13.0 Å². The van der Waals surface area contributed by atoms with Crippen LogP contribution in [0, 0.1) is 3.57 Å². The van der Waals surface area contributed by atoms with Crippen LogP contribution in [-0.4, -0.2) is 24.6 Å². The normalized spacial score (nSPS) is 23.3. The second kappa shape index (κ2) is 5.82. The number of ether oxygens (including phenoxy) is 2. The van der Waals surface area contributed by atoms with Crippen molar-refractivity contribution in [3.63, 3.8) is 0 Å². The summed E-state index contributed by atoms with van der Waals surface area (Å²) in [6.07, 6.45) is 0.884. The van der Waals surface area contributed by atoms with Crippen LogP contribution in [0.2, 0.25) is 0 Å². The predicted octanol–water partition coefficient (Wildman–Crippen LogP) is 2.81. The second-order valence-corrected chi connectivity index (χ2v) is 5.21. The fourth-order valence-electron chi connectivity index (χ4n) is 1.72. The van der Waals surface area contributed by atoms with Gasteiger partial charge in [0.1, 0.15) is 11.9 Å². The third kappa shape index (κ3) is 2.98. The maximum atomic E-state index is 11.4. The van der Waals surface area contributed by atoms with Gasteiger partial charge in [0.25, 0.3) is 0 Å². The smallest absolute Gasteiger partial charge is 0.169 e. The lowest BCUT2D eigenvalue weighted by atomic mass is 9.90. The lowest BCUT2D eigenvalue weighted by molar-refractivity contribution is -0.154. The summed E-state index contributed by atoms with van der Waals surface area (Å²) < 4.78 is 12.3. The molecule has 0 aliphatic heterocycles.